The molecular weight excluding hydrogens is 405 g/mol. The molecule has 0 aliphatic carbocycles. The van der Waals surface area contributed by atoms with Gasteiger partial charge in [-0.2, -0.15) is 23.3 Å². The van der Waals surface area contributed by atoms with Gasteiger partial charge >= 0.3 is 6.18 Å². The van der Waals surface area contributed by atoms with Crippen molar-refractivity contribution in [3.05, 3.63) is 48.0 Å². The Morgan fingerprint density at radius 2 is 1.97 bits per heavy atom. The Bertz CT molecular complexity index is 1170. The molecule has 0 radical (unpaired) electrons. The molecule has 13 heteroatoms. The van der Waals surface area contributed by atoms with E-state index >= 15 is 0 Å². The van der Waals surface area contributed by atoms with Crippen LogP contribution in [-0.2, 0) is 19.8 Å². The number of hydrogen-bond donors (Lipinski definition) is 1. The molecule has 0 spiro atoms. The molecule has 0 amide bonds. The highest BCUT2D eigenvalue weighted by Gasteiger charge is 2.30. The number of nitrogens with zero attached hydrogens (tertiary/aromatic N) is 7. The second kappa shape index (κ2) is 7.42. The van der Waals surface area contributed by atoms with Gasteiger partial charge in [0, 0.05) is 25.5 Å². The number of pyridine rings is 1. The van der Waals surface area contributed by atoms with Crippen molar-refractivity contribution in [1.82, 2.24) is 34.9 Å². The number of rotatable bonds is 5. The summed E-state index contributed by atoms with van der Waals surface area (Å²) in [5, 5.41) is 8.02. The van der Waals surface area contributed by atoms with Gasteiger partial charge in [0.1, 0.15) is 12.3 Å². The Kier molecular flexibility index (Phi) is 4.77. The first kappa shape index (κ1) is 19.3. The number of nitrogens with two attached hydrogens (primary N) is 1. The number of halogens is 3. The van der Waals surface area contributed by atoms with E-state index in [9.17, 15) is 13.2 Å². The molecular formula is C17H13F3N8O2. The third-order valence-electron chi connectivity index (χ3n) is 4.04. The summed E-state index contributed by atoms with van der Waals surface area (Å²) in [6.45, 7) is -0.0393. The number of hydrogen-bond acceptors (Lipinski definition) is 9. The summed E-state index contributed by atoms with van der Waals surface area (Å²) >= 11 is 0. The number of ether oxygens (including phenoxy) is 1. The van der Waals surface area contributed by atoms with Crippen molar-refractivity contribution in [3.8, 4) is 28.9 Å². The first-order valence-corrected chi connectivity index (χ1v) is 8.41. The number of nitrogen functional groups attached to an aromatic ring is 1. The zero-order valence-corrected chi connectivity index (χ0v) is 15.3. The van der Waals surface area contributed by atoms with E-state index in [0.29, 0.717) is 23.1 Å². The van der Waals surface area contributed by atoms with Crippen LogP contribution in [0.1, 0.15) is 11.3 Å². The van der Waals surface area contributed by atoms with Crippen molar-refractivity contribution in [1.29, 1.82) is 0 Å². The predicted octanol–water partition coefficient (Wildman–Crippen LogP) is 2.50. The molecule has 4 heterocycles. The van der Waals surface area contributed by atoms with Crippen LogP contribution in [-0.4, -0.2) is 34.9 Å². The number of aryl methyl sites for hydroxylation is 1. The van der Waals surface area contributed by atoms with Gasteiger partial charge in [0.25, 0.3) is 5.89 Å². The van der Waals surface area contributed by atoms with E-state index in [1.807, 2.05) is 0 Å². The molecule has 0 aliphatic heterocycles. The van der Waals surface area contributed by atoms with E-state index in [-0.39, 0.29) is 30.2 Å². The molecule has 4 aromatic rings. The van der Waals surface area contributed by atoms with Crippen molar-refractivity contribution in [2.45, 2.75) is 12.8 Å². The van der Waals surface area contributed by atoms with Crippen LogP contribution in [0.3, 0.4) is 0 Å². The lowest BCUT2D eigenvalue weighted by atomic mass is 10.2. The normalized spacial score (nSPS) is 11.6. The molecule has 154 valence electrons. The van der Waals surface area contributed by atoms with Gasteiger partial charge in [0.15, 0.2) is 0 Å². The van der Waals surface area contributed by atoms with Gasteiger partial charge in [-0.15, -0.1) is 0 Å². The highest BCUT2D eigenvalue weighted by atomic mass is 19.4. The van der Waals surface area contributed by atoms with Crippen LogP contribution in [0.25, 0.3) is 23.0 Å². The van der Waals surface area contributed by atoms with Crippen molar-refractivity contribution >= 4 is 5.95 Å². The van der Waals surface area contributed by atoms with E-state index in [1.165, 1.54) is 17.1 Å². The topological polar surface area (TPSA) is 131 Å². The molecule has 30 heavy (non-hydrogen) atoms. The molecule has 0 fully saturated rings. The fourth-order valence-electron chi connectivity index (χ4n) is 2.52. The second-order valence-corrected chi connectivity index (χ2v) is 6.02. The van der Waals surface area contributed by atoms with Crippen molar-refractivity contribution in [3.63, 3.8) is 0 Å². The van der Waals surface area contributed by atoms with E-state index in [0.717, 1.165) is 12.1 Å². The van der Waals surface area contributed by atoms with Crippen LogP contribution >= 0.6 is 0 Å². The summed E-state index contributed by atoms with van der Waals surface area (Å²) in [6.07, 6.45) is -0.791. The molecule has 0 saturated heterocycles. The minimum Gasteiger partial charge on any atom is -0.471 e. The average Bonchev–Trinajstić information content (AvgIpc) is 3.33. The summed E-state index contributed by atoms with van der Waals surface area (Å²) < 4.78 is 50.2. The number of aromatic nitrogens is 7. The van der Waals surface area contributed by atoms with Crippen LogP contribution in [0.15, 0.2) is 41.3 Å². The maximum absolute atomic E-state index is 12.6. The lowest BCUT2D eigenvalue weighted by Crippen LogP contribution is -2.07. The first-order chi connectivity index (χ1) is 14.3. The Morgan fingerprint density at radius 1 is 1.13 bits per heavy atom. The predicted molar refractivity (Wildman–Crippen MR) is 95.5 cm³/mol. The van der Waals surface area contributed by atoms with Gasteiger partial charge < -0.3 is 15.0 Å². The van der Waals surface area contributed by atoms with E-state index in [2.05, 4.69) is 30.2 Å². The van der Waals surface area contributed by atoms with Crippen LogP contribution in [0.2, 0.25) is 0 Å². The SMILES string of the molecule is Cn1ncc(-c2nc(-c3ccnc(N)n3)no2)c1COc1ccc(C(F)(F)F)cn1. The Morgan fingerprint density at radius 3 is 2.67 bits per heavy atom. The van der Waals surface area contributed by atoms with Crippen LogP contribution < -0.4 is 10.5 Å². The molecule has 2 N–H and O–H groups in total. The largest absolute Gasteiger partial charge is 0.471 e. The van der Waals surface area contributed by atoms with E-state index in [4.69, 9.17) is 15.0 Å². The summed E-state index contributed by atoms with van der Waals surface area (Å²) in [5.74, 6) is 0.463. The van der Waals surface area contributed by atoms with Gasteiger partial charge in [0.05, 0.1) is 23.0 Å². The fraction of sp³-hybridized carbons (Fsp3) is 0.176. The number of anilines is 1. The molecule has 4 aromatic heterocycles. The zero-order valence-electron chi connectivity index (χ0n) is 15.3. The standard InChI is InChI=1S/C17H13F3N8O2/c1-28-12(8-29-13-3-2-9(6-23-13)17(18,19)20)10(7-24-28)15-26-14(27-30-15)11-4-5-22-16(21)25-11/h2-7H,8H2,1H3,(H2,21,22,25). The third kappa shape index (κ3) is 3.90. The van der Waals surface area contributed by atoms with Crippen molar-refractivity contribution in [2.24, 2.45) is 7.05 Å². The van der Waals surface area contributed by atoms with E-state index in [1.54, 1.807) is 13.1 Å². The molecule has 0 aliphatic rings. The Balaban J connectivity index is 1.54. The first-order valence-electron chi connectivity index (χ1n) is 8.41. The molecule has 0 unspecified atom stereocenters. The minimum absolute atomic E-state index is 0.0258. The van der Waals surface area contributed by atoms with Gasteiger partial charge in [0.2, 0.25) is 17.7 Å². The molecule has 0 saturated carbocycles. The smallest absolute Gasteiger partial charge is 0.417 e. The monoisotopic (exact) mass is 418 g/mol. The molecule has 0 aromatic carbocycles. The highest BCUT2D eigenvalue weighted by molar-refractivity contribution is 5.59. The van der Waals surface area contributed by atoms with Gasteiger partial charge in [-0.25, -0.2) is 15.0 Å². The maximum Gasteiger partial charge on any atom is 0.417 e. The molecule has 10 nitrogen and oxygen atoms in total. The summed E-state index contributed by atoms with van der Waals surface area (Å²) in [4.78, 5) is 15.8. The molecule has 4 rings (SSSR count). The minimum atomic E-state index is -4.47. The summed E-state index contributed by atoms with van der Waals surface area (Å²) in [7, 11) is 1.67. The van der Waals surface area contributed by atoms with Gasteiger partial charge in [-0.3, -0.25) is 4.68 Å². The number of alkyl halides is 3. The second-order valence-electron chi connectivity index (χ2n) is 6.02. The maximum atomic E-state index is 12.6. The van der Waals surface area contributed by atoms with Crippen LogP contribution in [0.5, 0.6) is 5.88 Å². The Hall–Kier alpha value is -4.03. The fourth-order valence-corrected chi connectivity index (χ4v) is 2.52. The lowest BCUT2D eigenvalue weighted by molar-refractivity contribution is -0.137. The van der Waals surface area contributed by atoms with Gasteiger partial charge in [-0.05, 0) is 12.1 Å². The molecule has 0 atom stereocenters. The molecule has 0 bridgehead atoms. The summed E-state index contributed by atoms with van der Waals surface area (Å²) in [5.41, 5.74) is 6.12. The zero-order chi connectivity index (χ0) is 21.3. The summed E-state index contributed by atoms with van der Waals surface area (Å²) in [6, 6.07) is 3.61. The third-order valence-corrected chi connectivity index (χ3v) is 4.04. The van der Waals surface area contributed by atoms with Crippen LogP contribution in [0, 0.1) is 0 Å². The lowest BCUT2D eigenvalue weighted by Gasteiger charge is -2.09. The van der Waals surface area contributed by atoms with Gasteiger partial charge in [-0.1, -0.05) is 5.16 Å². The highest BCUT2D eigenvalue weighted by Crippen LogP contribution is 2.30. The quantitative estimate of drug-likeness (QED) is 0.519. The van der Waals surface area contributed by atoms with Crippen molar-refractivity contribution in [2.75, 3.05) is 5.73 Å². The van der Waals surface area contributed by atoms with E-state index < -0.39 is 11.7 Å². The van der Waals surface area contributed by atoms with Crippen LogP contribution in [0.4, 0.5) is 19.1 Å². The average molecular weight is 418 g/mol. The Labute approximate surface area is 166 Å². The van der Waals surface area contributed by atoms with Crippen molar-refractivity contribution < 1.29 is 22.4 Å².